The van der Waals surface area contributed by atoms with Crippen molar-refractivity contribution in [2.75, 3.05) is 0 Å². The van der Waals surface area contributed by atoms with E-state index < -0.39 is 0 Å². The first-order valence-electron chi connectivity index (χ1n) is 2.75. The van der Waals surface area contributed by atoms with Crippen molar-refractivity contribution in [3.63, 3.8) is 0 Å². The number of rotatable bonds is 1. The van der Waals surface area contributed by atoms with Crippen molar-refractivity contribution in [2.24, 2.45) is 10.9 Å². The lowest BCUT2D eigenvalue weighted by Gasteiger charge is -2.17. The molecular formula is C5H8N4O. The number of nitrogens with two attached hydrogens (primary N) is 1. The largest absolute Gasteiger partial charge is 0.294 e. The van der Waals surface area contributed by atoms with Gasteiger partial charge >= 0.3 is 0 Å². The van der Waals surface area contributed by atoms with Crippen LogP contribution in [0.2, 0.25) is 0 Å². The summed E-state index contributed by atoms with van der Waals surface area (Å²) in [5, 5.41) is 4.81. The van der Waals surface area contributed by atoms with Crippen LogP contribution < -0.4 is 11.3 Å². The van der Waals surface area contributed by atoms with E-state index in [9.17, 15) is 4.79 Å². The molecule has 0 amide bonds. The highest BCUT2D eigenvalue weighted by Gasteiger charge is 2.07. The third-order valence-corrected chi connectivity index (χ3v) is 1.05. The van der Waals surface area contributed by atoms with E-state index >= 15 is 0 Å². The van der Waals surface area contributed by atoms with Crippen molar-refractivity contribution < 1.29 is 4.79 Å². The van der Waals surface area contributed by atoms with Gasteiger partial charge < -0.3 is 0 Å². The fourth-order valence-corrected chi connectivity index (χ4v) is 0.594. The fourth-order valence-electron chi connectivity index (χ4n) is 0.594. The summed E-state index contributed by atoms with van der Waals surface area (Å²) in [6, 6.07) is 0. The Morgan fingerprint density at radius 1 is 1.90 bits per heavy atom. The molecule has 0 atom stereocenters. The molecule has 1 aliphatic heterocycles. The SMILES string of the molecule is CC1=CN(N)C(C=O)=NN1. The molecule has 0 aromatic heterocycles. The number of carbonyl (C=O) groups excluding carboxylic acids is 1. The Morgan fingerprint density at radius 3 is 3.10 bits per heavy atom. The molecule has 3 N–H and O–H groups in total. The van der Waals surface area contributed by atoms with Crippen LogP contribution in [0.25, 0.3) is 0 Å². The maximum absolute atomic E-state index is 10.2. The van der Waals surface area contributed by atoms with Gasteiger partial charge in [-0.1, -0.05) is 0 Å². The Labute approximate surface area is 58.2 Å². The smallest absolute Gasteiger partial charge is 0.207 e. The topological polar surface area (TPSA) is 70.7 Å². The molecule has 1 heterocycles. The number of aldehydes is 1. The van der Waals surface area contributed by atoms with Gasteiger partial charge in [-0.25, -0.2) is 5.84 Å². The number of hydrogen-bond acceptors (Lipinski definition) is 5. The van der Waals surface area contributed by atoms with E-state index in [1.54, 1.807) is 13.1 Å². The Bertz CT molecular complexity index is 208. The predicted octanol–water partition coefficient (Wildman–Crippen LogP) is -0.861. The molecule has 5 heteroatoms. The molecule has 0 aromatic rings. The maximum atomic E-state index is 10.2. The number of hydrogen-bond donors (Lipinski definition) is 2. The Balaban J connectivity index is 2.75. The van der Waals surface area contributed by atoms with Gasteiger partial charge in [-0.15, -0.1) is 0 Å². The second-order valence-corrected chi connectivity index (χ2v) is 1.92. The number of hydrazine groups is 1. The van der Waals surface area contributed by atoms with Crippen molar-refractivity contribution in [3.8, 4) is 0 Å². The zero-order valence-corrected chi connectivity index (χ0v) is 5.53. The minimum absolute atomic E-state index is 0.172. The Morgan fingerprint density at radius 2 is 2.60 bits per heavy atom. The van der Waals surface area contributed by atoms with E-state index in [4.69, 9.17) is 5.84 Å². The van der Waals surface area contributed by atoms with Gasteiger partial charge in [-0.3, -0.25) is 15.2 Å². The number of carbonyl (C=O) groups is 1. The first-order chi connectivity index (χ1) is 4.74. The molecule has 0 bridgehead atoms. The van der Waals surface area contributed by atoms with Crippen molar-refractivity contribution in [1.82, 2.24) is 10.4 Å². The molecule has 0 unspecified atom stereocenters. The summed E-state index contributed by atoms with van der Waals surface area (Å²) in [5.41, 5.74) is 3.41. The van der Waals surface area contributed by atoms with Crippen molar-refractivity contribution in [2.45, 2.75) is 6.92 Å². The van der Waals surface area contributed by atoms with Crippen molar-refractivity contribution >= 4 is 12.1 Å². The van der Waals surface area contributed by atoms with E-state index in [1.165, 1.54) is 5.01 Å². The van der Waals surface area contributed by atoms with E-state index in [2.05, 4.69) is 10.5 Å². The second kappa shape index (κ2) is 2.49. The summed E-state index contributed by atoms with van der Waals surface area (Å²) in [6.07, 6.45) is 2.16. The number of amidine groups is 1. The Hall–Kier alpha value is -1.36. The molecular weight excluding hydrogens is 132 g/mol. The van der Waals surface area contributed by atoms with Crippen LogP contribution in [0.15, 0.2) is 17.0 Å². The highest BCUT2D eigenvalue weighted by Crippen LogP contribution is 1.95. The van der Waals surface area contributed by atoms with Crippen LogP contribution in [0.4, 0.5) is 0 Å². The minimum Gasteiger partial charge on any atom is -0.294 e. The predicted molar refractivity (Wildman–Crippen MR) is 36.4 cm³/mol. The van der Waals surface area contributed by atoms with Gasteiger partial charge in [-0.2, -0.15) is 5.10 Å². The zero-order valence-electron chi connectivity index (χ0n) is 5.53. The number of allylic oxidation sites excluding steroid dienone is 1. The van der Waals surface area contributed by atoms with E-state index in [0.29, 0.717) is 6.29 Å². The molecule has 1 aliphatic rings. The van der Waals surface area contributed by atoms with Crippen molar-refractivity contribution in [1.29, 1.82) is 0 Å². The lowest BCUT2D eigenvalue weighted by Crippen LogP contribution is -2.38. The third-order valence-electron chi connectivity index (χ3n) is 1.05. The fraction of sp³-hybridized carbons (Fsp3) is 0.200. The quantitative estimate of drug-likeness (QED) is 0.367. The van der Waals surface area contributed by atoms with Crippen LogP contribution in [0.3, 0.4) is 0 Å². The average Bonchev–Trinajstić information content (AvgIpc) is 1.88. The third kappa shape index (κ3) is 1.14. The molecule has 1 rings (SSSR count). The van der Waals surface area contributed by atoms with Gasteiger partial charge in [0.25, 0.3) is 0 Å². The number of hydrazone groups is 1. The standard InChI is InChI=1S/C5H8N4O/c1-4-2-9(6)5(3-10)8-7-4/h2-3,7H,6H2,1H3. The summed E-state index contributed by atoms with van der Waals surface area (Å²) in [7, 11) is 0. The number of nitrogens with one attached hydrogen (secondary N) is 1. The van der Waals surface area contributed by atoms with Gasteiger partial charge in [0.1, 0.15) is 0 Å². The van der Waals surface area contributed by atoms with Crippen molar-refractivity contribution in [3.05, 3.63) is 11.9 Å². The first-order valence-corrected chi connectivity index (χ1v) is 2.75. The van der Waals surface area contributed by atoms with E-state index in [0.717, 1.165) is 5.70 Å². The van der Waals surface area contributed by atoms with Crippen LogP contribution in [0.5, 0.6) is 0 Å². The van der Waals surface area contributed by atoms with E-state index in [1.807, 2.05) is 0 Å². The van der Waals surface area contributed by atoms with Gasteiger partial charge in [0.2, 0.25) is 5.84 Å². The normalized spacial score (nSPS) is 17.2. The summed E-state index contributed by atoms with van der Waals surface area (Å²) < 4.78 is 0. The van der Waals surface area contributed by atoms with Crippen LogP contribution in [-0.2, 0) is 4.79 Å². The maximum Gasteiger partial charge on any atom is 0.207 e. The summed E-state index contributed by atoms with van der Waals surface area (Å²) >= 11 is 0. The van der Waals surface area contributed by atoms with Gasteiger partial charge in [0, 0.05) is 11.9 Å². The molecule has 0 spiro atoms. The molecule has 0 fully saturated rings. The minimum atomic E-state index is 0.172. The Kier molecular flexibility index (Phi) is 1.68. The van der Waals surface area contributed by atoms with Crippen LogP contribution >= 0.6 is 0 Å². The molecule has 5 nitrogen and oxygen atoms in total. The highest BCUT2D eigenvalue weighted by molar-refractivity contribution is 6.27. The van der Waals surface area contributed by atoms with Gasteiger partial charge in [0.15, 0.2) is 6.29 Å². The molecule has 10 heavy (non-hydrogen) atoms. The van der Waals surface area contributed by atoms with Gasteiger partial charge in [-0.05, 0) is 6.92 Å². The number of nitrogens with zero attached hydrogens (tertiary/aromatic N) is 2. The summed E-state index contributed by atoms with van der Waals surface area (Å²) in [6.45, 7) is 1.80. The first kappa shape index (κ1) is 6.76. The summed E-state index contributed by atoms with van der Waals surface area (Å²) in [4.78, 5) is 10.2. The summed E-state index contributed by atoms with van der Waals surface area (Å²) in [5.74, 6) is 5.51. The van der Waals surface area contributed by atoms with Crippen LogP contribution in [0.1, 0.15) is 6.92 Å². The van der Waals surface area contributed by atoms with Crippen LogP contribution in [0, 0.1) is 0 Å². The van der Waals surface area contributed by atoms with E-state index in [-0.39, 0.29) is 5.84 Å². The monoisotopic (exact) mass is 140 g/mol. The average molecular weight is 140 g/mol. The molecule has 0 saturated carbocycles. The highest BCUT2D eigenvalue weighted by atomic mass is 16.1. The lowest BCUT2D eigenvalue weighted by atomic mass is 10.5. The molecule has 0 aromatic carbocycles. The molecule has 0 saturated heterocycles. The molecule has 0 radical (unpaired) electrons. The molecule has 54 valence electrons. The second-order valence-electron chi connectivity index (χ2n) is 1.92. The molecule has 0 aliphatic carbocycles. The van der Waals surface area contributed by atoms with Gasteiger partial charge in [0.05, 0.1) is 0 Å². The zero-order chi connectivity index (χ0) is 7.56. The lowest BCUT2D eigenvalue weighted by molar-refractivity contribution is -0.103. The van der Waals surface area contributed by atoms with Crippen LogP contribution in [-0.4, -0.2) is 17.1 Å².